The number of likely N-dealkylation sites (tertiary alicyclic amines) is 1. The van der Waals surface area contributed by atoms with Gasteiger partial charge in [-0.05, 0) is 50.8 Å². The summed E-state index contributed by atoms with van der Waals surface area (Å²) in [4.78, 5) is 14.8. The summed E-state index contributed by atoms with van der Waals surface area (Å²) in [5, 5.41) is 6.61. The number of carbonyl (C=O) groups is 1. The molecule has 0 radical (unpaired) electrons. The summed E-state index contributed by atoms with van der Waals surface area (Å²) >= 11 is 0. The van der Waals surface area contributed by atoms with Gasteiger partial charge < -0.3 is 15.5 Å². The normalized spacial score (nSPS) is 21.2. The molecule has 2 N–H and O–H groups in total. The highest BCUT2D eigenvalue weighted by atomic mass is 16.1. The van der Waals surface area contributed by atoms with Gasteiger partial charge in [0.05, 0.1) is 0 Å². The summed E-state index contributed by atoms with van der Waals surface area (Å²) in [5.41, 5.74) is 1.41. The molecule has 3 rings (SSSR count). The van der Waals surface area contributed by atoms with E-state index in [0.717, 1.165) is 64.8 Å². The Kier molecular flexibility index (Phi) is 6.06. The highest BCUT2D eigenvalue weighted by Gasteiger charge is 2.25. The molecule has 1 amide bonds. The monoisotopic (exact) mass is 315 g/mol. The van der Waals surface area contributed by atoms with Gasteiger partial charge in [-0.3, -0.25) is 4.79 Å². The fourth-order valence-electron chi connectivity index (χ4n) is 3.64. The van der Waals surface area contributed by atoms with Crippen LogP contribution in [0, 0.1) is 5.92 Å². The number of hydrogen-bond donors (Lipinski definition) is 2. The minimum Gasteiger partial charge on any atom is -0.353 e. The molecule has 4 nitrogen and oxygen atoms in total. The van der Waals surface area contributed by atoms with Crippen LogP contribution in [0.4, 0.5) is 0 Å². The lowest BCUT2D eigenvalue weighted by molar-refractivity contribution is -0.126. The molecular formula is C19H29N3O. The molecule has 2 aliphatic heterocycles. The van der Waals surface area contributed by atoms with E-state index in [1.807, 2.05) is 0 Å². The summed E-state index contributed by atoms with van der Waals surface area (Å²) in [7, 11) is 0. The summed E-state index contributed by atoms with van der Waals surface area (Å²) in [5.74, 6) is 0.515. The number of nitrogens with one attached hydrogen (secondary N) is 2. The summed E-state index contributed by atoms with van der Waals surface area (Å²) in [6, 6.07) is 11.1. The van der Waals surface area contributed by atoms with Crippen LogP contribution in [0.3, 0.4) is 0 Å². The summed E-state index contributed by atoms with van der Waals surface area (Å²) < 4.78 is 0. The molecule has 0 atom stereocenters. The topological polar surface area (TPSA) is 44.4 Å². The van der Waals surface area contributed by atoms with Crippen molar-refractivity contribution in [1.82, 2.24) is 15.5 Å². The van der Waals surface area contributed by atoms with E-state index >= 15 is 0 Å². The molecule has 0 aromatic heterocycles. The summed E-state index contributed by atoms with van der Waals surface area (Å²) in [6.07, 6.45) is 5.27. The Balaban J connectivity index is 1.36. The highest BCUT2D eigenvalue weighted by Crippen LogP contribution is 2.15. The summed E-state index contributed by atoms with van der Waals surface area (Å²) in [6.45, 7) is 5.29. The maximum absolute atomic E-state index is 12.3. The van der Waals surface area contributed by atoms with Gasteiger partial charge in [0, 0.05) is 31.6 Å². The second kappa shape index (κ2) is 8.46. The predicted octanol–water partition coefficient (Wildman–Crippen LogP) is 1.81. The largest absolute Gasteiger partial charge is 0.353 e. The Morgan fingerprint density at radius 2 is 1.78 bits per heavy atom. The Bertz CT molecular complexity index is 477. The Hall–Kier alpha value is -1.39. The number of rotatable bonds is 5. The van der Waals surface area contributed by atoms with Crippen LogP contribution in [0.2, 0.25) is 0 Å². The molecule has 0 aliphatic carbocycles. The van der Waals surface area contributed by atoms with Gasteiger partial charge in [0.2, 0.25) is 5.91 Å². The van der Waals surface area contributed by atoms with Crippen molar-refractivity contribution in [2.75, 3.05) is 32.7 Å². The zero-order chi connectivity index (χ0) is 15.9. The second-order valence-corrected chi connectivity index (χ2v) is 6.88. The lowest BCUT2D eigenvalue weighted by atomic mass is 9.96. The van der Waals surface area contributed by atoms with Crippen molar-refractivity contribution in [3.8, 4) is 0 Å². The molecule has 0 unspecified atom stereocenters. The first-order valence-electron chi connectivity index (χ1n) is 9.08. The van der Waals surface area contributed by atoms with Crippen molar-refractivity contribution < 1.29 is 4.79 Å². The van der Waals surface area contributed by atoms with Gasteiger partial charge in [0.1, 0.15) is 0 Å². The molecule has 0 spiro atoms. The van der Waals surface area contributed by atoms with Crippen molar-refractivity contribution in [2.24, 2.45) is 5.92 Å². The van der Waals surface area contributed by atoms with Crippen molar-refractivity contribution in [3.63, 3.8) is 0 Å². The molecule has 2 heterocycles. The zero-order valence-corrected chi connectivity index (χ0v) is 14.0. The number of benzene rings is 1. The van der Waals surface area contributed by atoms with Crippen molar-refractivity contribution in [2.45, 2.75) is 38.1 Å². The van der Waals surface area contributed by atoms with Crippen LogP contribution in [0.5, 0.6) is 0 Å². The van der Waals surface area contributed by atoms with E-state index in [1.54, 1.807) is 0 Å². The molecule has 0 bridgehead atoms. The van der Waals surface area contributed by atoms with Crippen molar-refractivity contribution >= 4 is 5.91 Å². The van der Waals surface area contributed by atoms with E-state index < -0.39 is 0 Å². The van der Waals surface area contributed by atoms with E-state index in [1.165, 1.54) is 5.56 Å². The third kappa shape index (κ3) is 5.05. The van der Waals surface area contributed by atoms with Gasteiger partial charge in [0.15, 0.2) is 0 Å². The van der Waals surface area contributed by atoms with Crippen LogP contribution < -0.4 is 10.6 Å². The maximum Gasteiger partial charge on any atom is 0.223 e. The van der Waals surface area contributed by atoms with Gasteiger partial charge in [0.25, 0.3) is 0 Å². The number of nitrogens with zero attached hydrogens (tertiary/aromatic N) is 1. The van der Waals surface area contributed by atoms with E-state index in [2.05, 4.69) is 45.9 Å². The first-order valence-corrected chi connectivity index (χ1v) is 9.08. The molecule has 2 saturated heterocycles. The fourth-order valence-corrected chi connectivity index (χ4v) is 3.64. The second-order valence-electron chi connectivity index (χ2n) is 6.88. The van der Waals surface area contributed by atoms with E-state index in [9.17, 15) is 4.79 Å². The van der Waals surface area contributed by atoms with E-state index in [-0.39, 0.29) is 11.8 Å². The van der Waals surface area contributed by atoms with Gasteiger partial charge >= 0.3 is 0 Å². The molecule has 23 heavy (non-hydrogen) atoms. The molecule has 2 fully saturated rings. The molecule has 1 aromatic carbocycles. The van der Waals surface area contributed by atoms with Crippen LogP contribution in [-0.4, -0.2) is 49.6 Å². The number of carbonyl (C=O) groups excluding carboxylic acids is 1. The number of piperidine rings is 2. The lowest BCUT2D eigenvalue weighted by Gasteiger charge is -2.33. The Morgan fingerprint density at radius 3 is 2.48 bits per heavy atom. The smallest absolute Gasteiger partial charge is 0.223 e. The minimum absolute atomic E-state index is 0.229. The number of hydrogen-bond acceptors (Lipinski definition) is 3. The third-order valence-electron chi connectivity index (χ3n) is 5.20. The molecule has 0 saturated carbocycles. The SMILES string of the molecule is O=C(NC1CCN(CCc2ccccc2)CC1)C1CCNCC1. The van der Waals surface area contributed by atoms with Gasteiger partial charge in [-0.2, -0.15) is 0 Å². The van der Waals surface area contributed by atoms with E-state index in [0.29, 0.717) is 6.04 Å². The average Bonchev–Trinajstić information content (AvgIpc) is 2.63. The minimum atomic E-state index is 0.229. The number of amides is 1. The van der Waals surface area contributed by atoms with Crippen molar-refractivity contribution in [1.29, 1.82) is 0 Å². The van der Waals surface area contributed by atoms with Gasteiger partial charge in [-0.25, -0.2) is 0 Å². The average molecular weight is 315 g/mol. The van der Waals surface area contributed by atoms with Gasteiger partial charge in [-0.1, -0.05) is 30.3 Å². The maximum atomic E-state index is 12.3. The zero-order valence-electron chi connectivity index (χ0n) is 14.0. The predicted molar refractivity (Wildman–Crippen MR) is 93.3 cm³/mol. The molecule has 1 aromatic rings. The Labute approximate surface area is 139 Å². The van der Waals surface area contributed by atoms with Crippen molar-refractivity contribution in [3.05, 3.63) is 35.9 Å². The molecule has 4 heteroatoms. The molecular weight excluding hydrogens is 286 g/mol. The fraction of sp³-hybridized carbons (Fsp3) is 0.632. The van der Waals surface area contributed by atoms with Crippen LogP contribution in [0.1, 0.15) is 31.2 Å². The Morgan fingerprint density at radius 1 is 1.09 bits per heavy atom. The quantitative estimate of drug-likeness (QED) is 0.871. The van der Waals surface area contributed by atoms with Crippen LogP contribution in [0.15, 0.2) is 30.3 Å². The lowest BCUT2D eigenvalue weighted by Crippen LogP contribution is -2.48. The van der Waals surface area contributed by atoms with E-state index in [4.69, 9.17) is 0 Å². The van der Waals surface area contributed by atoms with Crippen LogP contribution >= 0.6 is 0 Å². The highest BCUT2D eigenvalue weighted by molar-refractivity contribution is 5.79. The first-order chi connectivity index (χ1) is 11.3. The molecule has 2 aliphatic rings. The first kappa shape index (κ1) is 16.5. The standard InChI is InChI=1S/C19H29N3O/c23-19(17-6-11-20-12-7-17)21-18-9-14-22(15-10-18)13-8-16-4-2-1-3-5-16/h1-5,17-18,20H,6-15H2,(H,21,23). The van der Waals surface area contributed by atoms with Gasteiger partial charge in [-0.15, -0.1) is 0 Å². The molecule has 126 valence electrons. The third-order valence-corrected chi connectivity index (χ3v) is 5.20. The van der Waals surface area contributed by atoms with Crippen LogP contribution in [0.25, 0.3) is 0 Å². The van der Waals surface area contributed by atoms with Crippen LogP contribution in [-0.2, 0) is 11.2 Å².